The van der Waals surface area contributed by atoms with Crippen LogP contribution in [0.1, 0.15) is 45.1 Å². The van der Waals surface area contributed by atoms with Gasteiger partial charge in [-0.3, -0.25) is 9.59 Å². The van der Waals surface area contributed by atoms with Crippen molar-refractivity contribution in [2.24, 2.45) is 11.8 Å². The number of likely N-dealkylation sites (tertiary alicyclic amines) is 1. The van der Waals surface area contributed by atoms with Crippen molar-refractivity contribution < 1.29 is 22.7 Å². The number of sulfonamides is 1. The van der Waals surface area contributed by atoms with E-state index in [0.29, 0.717) is 48.8 Å². The summed E-state index contributed by atoms with van der Waals surface area (Å²) in [7, 11) is -3.72. The SMILES string of the molecule is Cc1cc2c(cc1S(=O)(=O)N1CCC(C(=O)N3CCC(C)CC3)CC1)OC(C)C(=O)N2. The van der Waals surface area contributed by atoms with E-state index in [1.807, 2.05) is 4.90 Å². The lowest BCUT2D eigenvalue weighted by Crippen LogP contribution is -2.46. The third-order valence-corrected chi connectivity index (χ3v) is 8.76. The van der Waals surface area contributed by atoms with Crippen molar-refractivity contribution in [1.29, 1.82) is 0 Å². The van der Waals surface area contributed by atoms with E-state index in [1.54, 1.807) is 19.9 Å². The van der Waals surface area contributed by atoms with Gasteiger partial charge in [-0.05, 0) is 57.1 Å². The summed E-state index contributed by atoms with van der Waals surface area (Å²) < 4.78 is 33.8. The van der Waals surface area contributed by atoms with Crippen LogP contribution in [0, 0.1) is 18.8 Å². The molecule has 3 heterocycles. The molecule has 3 aliphatic rings. The van der Waals surface area contributed by atoms with Gasteiger partial charge in [0.15, 0.2) is 6.10 Å². The highest BCUT2D eigenvalue weighted by atomic mass is 32.2. The maximum Gasteiger partial charge on any atom is 0.265 e. The number of hydrogen-bond donors (Lipinski definition) is 1. The first-order valence-corrected chi connectivity index (χ1v) is 12.5. The molecule has 1 aromatic carbocycles. The average molecular weight is 450 g/mol. The largest absolute Gasteiger partial charge is 0.479 e. The second-order valence-corrected chi connectivity index (χ2v) is 11.0. The number of aryl methyl sites for hydroxylation is 1. The van der Waals surface area contributed by atoms with Gasteiger partial charge in [0, 0.05) is 38.2 Å². The summed E-state index contributed by atoms with van der Waals surface area (Å²) in [5.41, 5.74) is 1.04. The molecular weight excluding hydrogens is 418 g/mol. The Balaban J connectivity index is 1.45. The standard InChI is InChI=1S/C22H31N3O5S/c1-14-4-8-24(9-5-14)22(27)17-6-10-25(11-7-17)31(28,29)20-13-19-18(12-15(20)2)23-21(26)16(3)30-19/h12-14,16-17H,4-11H2,1-3H3,(H,23,26). The summed E-state index contributed by atoms with van der Waals surface area (Å²) in [6.07, 6.45) is 2.48. The van der Waals surface area contributed by atoms with Crippen LogP contribution in [0.3, 0.4) is 0 Å². The van der Waals surface area contributed by atoms with Crippen molar-refractivity contribution in [3.8, 4) is 5.75 Å². The van der Waals surface area contributed by atoms with E-state index < -0.39 is 16.1 Å². The molecule has 8 nitrogen and oxygen atoms in total. The number of anilines is 1. The van der Waals surface area contributed by atoms with Crippen LogP contribution in [-0.2, 0) is 19.6 Å². The van der Waals surface area contributed by atoms with E-state index in [1.165, 1.54) is 10.4 Å². The average Bonchev–Trinajstić information content (AvgIpc) is 2.74. The lowest BCUT2D eigenvalue weighted by Gasteiger charge is -2.36. The van der Waals surface area contributed by atoms with Gasteiger partial charge in [0.2, 0.25) is 15.9 Å². The topological polar surface area (TPSA) is 96.0 Å². The highest BCUT2D eigenvalue weighted by Gasteiger charge is 2.36. The van der Waals surface area contributed by atoms with Gasteiger partial charge < -0.3 is 15.0 Å². The zero-order chi connectivity index (χ0) is 22.3. The normalized spacial score (nSPS) is 23.8. The van der Waals surface area contributed by atoms with Crippen LogP contribution >= 0.6 is 0 Å². The Morgan fingerprint density at radius 1 is 1.06 bits per heavy atom. The zero-order valence-corrected chi connectivity index (χ0v) is 19.2. The molecule has 0 aromatic heterocycles. The summed E-state index contributed by atoms with van der Waals surface area (Å²) in [4.78, 5) is 26.8. The number of rotatable bonds is 3. The lowest BCUT2D eigenvalue weighted by molar-refractivity contribution is -0.138. The third kappa shape index (κ3) is 4.30. The van der Waals surface area contributed by atoms with Crippen molar-refractivity contribution in [1.82, 2.24) is 9.21 Å². The summed E-state index contributed by atoms with van der Waals surface area (Å²) in [5.74, 6) is 0.838. The van der Waals surface area contributed by atoms with Gasteiger partial charge in [0.1, 0.15) is 5.75 Å². The molecule has 3 aliphatic heterocycles. The molecular formula is C22H31N3O5S. The molecule has 0 aliphatic carbocycles. The minimum atomic E-state index is -3.72. The van der Waals surface area contributed by atoms with E-state index in [4.69, 9.17) is 4.74 Å². The quantitative estimate of drug-likeness (QED) is 0.764. The fourth-order valence-electron chi connectivity index (χ4n) is 4.59. The molecule has 4 rings (SSSR count). The Morgan fingerprint density at radius 3 is 2.35 bits per heavy atom. The van der Waals surface area contributed by atoms with Gasteiger partial charge in [-0.1, -0.05) is 6.92 Å². The summed E-state index contributed by atoms with van der Waals surface area (Å²) in [5, 5.41) is 2.75. The molecule has 1 unspecified atom stereocenters. The van der Waals surface area contributed by atoms with Gasteiger partial charge in [-0.2, -0.15) is 4.31 Å². The van der Waals surface area contributed by atoms with Crippen molar-refractivity contribution >= 4 is 27.5 Å². The Labute approximate surface area is 184 Å². The summed E-state index contributed by atoms with van der Waals surface area (Å²) in [6, 6.07) is 3.14. The second kappa shape index (κ2) is 8.43. The molecule has 31 heavy (non-hydrogen) atoms. The fraction of sp³-hybridized carbons (Fsp3) is 0.636. The number of ether oxygens (including phenoxy) is 1. The Hall–Kier alpha value is -2.13. The van der Waals surface area contributed by atoms with Gasteiger partial charge in [0.25, 0.3) is 5.91 Å². The molecule has 2 fully saturated rings. The number of fused-ring (bicyclic) bond motifs is 1. The number of nitrogens with zero attached hydrogens (tertiary/aromatic N) is 2. The van der Waals surface area contributed by atoms with Crippen LogP contribution < -0.4 is 10.1 Å². The van der Waals surface area contributed by atoms with Crippen molar-refractivity contribution in [2.75, 3.05) is 31.5 Å². The molecule has 1 atom stereocenters. The lowest BCUT2D eigenvalue weighted by atomic mass is 9.93. The Bertz CT molecular complexity index is 977. The molecule has 2 saturated heterocycles. The summed E-state index contributed by atoms with van der Waals surface area (Å²) >= 11 is 0. The number of nitrogens with one attached hydrogen (secondary N) is 1. The predicted molar refractivity (Wildman–Crippen MR) is 116 cm³/mol. The first-order chi connectivity index (χ1) is 14.7. The van der Waals surface area contributed by atoms with E-state index >= 15 is 0 Å². The van der Waals surface area contributed by atoms with Crippen molar-refractivity contribution in [3.63, 3.8) is 0 Å². The van der Waals surface area contributed by atoms with Crippen LogP contribution in [0.2, 0.25) is 0 Å². The van der Waals surface area contributed by atoms with Gasteiger partial charge >= 0.3 is 0 Å². The highest BCUT2D eigenvalue weighted by molar-refractivity contribution is 7.89. The number of piperidine rings is 2. The first-order valence-electron chi connectivity index (χ1n) is 11.1. The fourth-order valence-corrected chi connectivity index (χ4v) is 6.28. The second-order valence-electron chi connectivity index (χ2n) is 9.05. The molecule has 2 amide bonds. The van der Waals surface area contributed by atoms with Crippen molar-refractivity contribution in [2.45, 2.75) is 57.5 Å². The molecule has 0 saturated carbocycles. The number of benzene rings is 1. The molecule has 9 heteroatoms. The zero-order valence-electron chi connectivity index (χ0n) is 18.4. The Morgan fingerprint density at radius 2 is 1.71 bits per heavy atom. The van der Waals surface area contributed by atoms with Gasteiger partial charge in [-0.25, -0.2) is 8.42 Å². The van der Waals surface area contributed by atoms with Crippen LogP contribution in [0.25, 0.3) is 0 Å². The molecule has 0 bridgehead atoms. The molecule has 0 radical (unpaired) electrons. The maximum absolute atomic E-state index is 13.3. The third-order valence-electron chi connectivity index (χ3n) is 6.72. The number of hydrogen-bond acceptors (Lipinski definition) is 5. The molecule has 1 N–H and O–H groups in total. The van der Waals surface area contributed by atoms with Crippen LogP contribution in [0.4, 0.5) is 5.69 Å². The smallest absolute Gasteiger partial charge is 0.265 e. The maximum atomic E-state index is 13.3. The monoisotopic (exact) mass is 449 g/mol. The van der Waals surface area contributed by atoms with Crippen LogP contribution in [0.15, 0.2) is 17.0 Å². The van der Waals surface area contributed by atoms with Crippen LogP contribution in [0.5, 0.6) is 5.75 Å². The highest BCUT2D eigenvalue weighted by Crippen LogP contribution is 2.36. The van der Waals surface area contributed by atoms with E-state index in [2.05, 4.69) is 12.2 Å². The number of carbonyl (C=O) groups is 2. The minimum absolute atomic E-state index is 0.108. The summed E-state index contributed by atoms with van der Waals surface area (Å²) in [6.45, 7) is 7.82. The van der Waals surface area contributed by atoms with Crippen LogP contribution in [-0.4, -0.2) is 61.7 Å². The van der Waals surface area contributed by atoms with Gasteiger partial charge in [-0.15, -0.1) is 0 Å². The first kappa shape index (κ1) is 22.1. The van der Waals surface area contributed by atoms with Gasteiger partial charge in [0.05, 0.1) is 10.6 Å². The van der Waals surface area contributed by atoms with Crippen molar-refractivity contribution in [3.05, 3.63) is 17.7 Å². The van der Waals surface area contributed by atoms with E-state index in [0.717, 1.165) is 25.9 Å². The van der Waals surface area contributed by atoms with E-state index in [9.17, 15) is 18.0 Å². The molecule has 1 aromatic rings. The minimum Gasteiger partial charge on any atom is -0.479 e. The molecule has 0 spiro atoms. The van der Waals surface area contributed by atoms with E-state index in [-0.39, 0.29) is 22.6 Å². The Kier molecular flexibility index (Phi) is 6.00. The number of carbonyl (C=O) groups excluding carboxylic acids is 2. The molecule has 170 valence electrons. The number of amides is 2. The predicted octanol–water partition coefficient (Wildman–Crippen LogP) is 2.37.